The van der Waals surface area contributed by atoms with Crippen molar-refractivity contribution in [1.82, 2.24) is 10.4 Å². The molecule has 0 aromatic heterocycles. The molecule has 102 valence electrons. The molecule has 0 unspecified atom stereocenters. The molecule has 1 saturated heterocycles. The SMILES string of the molecule is O=CNN1C(=O)/C(=C/C(Cl)=C\c2ccccc2)SC1=S. The van der Waals surface area contributed by atoms with Gasteiger partial charge in [0.25, 0.3) is 5.91 Å². The fourth-order valence-corrected chi connectivity index (χ4v) is 2.99. The molecule has 0 saturated carbocycles. The molecule has 1 aromatic carbocycles. The Balaban J connectivity index is 2.19. The number of carbonyl (C=O) groups is 2. The number of hydrazine groups is 1. The van der Waals surface area contributed by atoms with E-state index in [1.165, 1.54) is 6.08 Å². The third-order valence-electron chi connectivity index (χ3n) is 2.35. The van der Waals surface area contributed by atoms with Crippen LogP contribution in [0.1, 0.15) is 5.56 Å². The molecule has 0 aliphatic carbocycles. The van der Waals surface area contributed by atoms with E-state index in [0.29, 0.717) is 16.3 Å². The minimum absolute atomic E-state index is 0.262. The molecule has 1 aromatic rings. The van der Waals surface area contributed by atoms with E-state index in [2.05, 4.69) is 5.43 Å². The Hall–Kier alpha value is -1.63. The van der Waals surface area contributed by atoms with Crippen molar-refractivity contribution < 1.29 is 9.59 Å². The van der Waals surface area contributed by atoms with Gasteiger partial charge < -0.3 is 0 Å². The monoisotopic (exact) mass is 324 g/mol. The average Bonchev–Trinajstić information content (AvgIpc) is 2.68. The summed E-state index contributed by atoms with van der Waals surface area (Å²) in [5.41, 5.74) is 3.16. The number of carbonyl (C=O) groups excluding carboxylic acids is 2. The van der Waals surface area contributed by atoms with Crippen molar-refractivity contribution in [3.63, 3.8) is 0 Å². The van der Waals surface area contributed by atoms with Crippen molar-refractivity contribution in [2.45, 2.75) is 0 Å². The Morgan fingerprint density at radius 1 is 1.35 bits per heavy atom. The summed E-state index contributed by atoms with van der Waals surface area (Å²) in [7, 11) is 0. The standard InChI is InChI=1S/C13H9ClN2O2S2/c14-10(6-9-4-2-1-3-5-9)7-11-12(18)16(15-8-17)13(19)20-11/h1-8H,(H,15,17)/b10-6+,11-7-. The lowest BCUT2D eigenvalue weighted by atomic mass is 10.2. The third-order valence-corrected chi connectivity index (χ3v) is 3.87. The number of thioether (sulfide) groups is 1. The van der Waals surface area contributed by atoms with Gasteiger partial charge in [-0.15, -0.1) is 0 Å². The number of nitrogens with one attached hydrogen (secondary N) is 1. The second-order valence-corrected chi connectivity index (χ2v) is 5.82. The number of amides is 2. The molecule has 2 amide bonds. The third kappa shape index (κ3) is 3.47. The summed E-state index contributed by atoms with van der Waals surface area (Å²) in [5.74, 6) is -0.397. The van der Waals surface area contributed by atoms with E-state index in [1.807, 2.05) is 30.3 Å². The van der Waals surface area contributed by atoms with Crippen LogP contribution in [0.2, 0.25) is 0 Å². The fourth-order valence-electron chi connectivity index (χ4n) is 1.51. The van der Waals surface area contributed by atoms with E-state index in [-0.39, 0.29) is 4.32 Å². The normalized spacial score (nSPS) is 17.8. The lowest BCUT2D eigenvalue weighted by Gasteiger charge is -2.10. The summed E-state index contributed by atoms with van der Waals surface area (Å²) in [4.78, 5) is 22.7. The van der Waals surface area contributed by atoms with Crippen LogP contribution in [0, 0.1) is 0 Å². The lowest BCUT2D eigenvalue weighted by molar-refractivity contribution is -0.128. The summed E-state index contributed by atoms with van der Waals surface area (Å²) in [6.45, 7) is 0. The Morgan fingerprint density at radius 2 is 2.05 bits per heavy atom. The summed E-state index contributed by atoms with van der Waals surface area (Å²) in [5, 5.41) is 1.41. The molecule has 1 N–H and O–H groups in total. The van der Waals surface area contributed by atoms with Crippen LogP contribution < -0.4 is 5.43 Å². The van der Waals surface area contributed by atoms with Crippen LogP contribution in [0.25, 0.3) is 6.08 Å². The lowest BCUT2D eigenvalue weighted by Crippen LogP contribution is -2.40. The van der Waals surface area contributed by atoms with Crippen LogP contribution in [0.4, 0.5) is 0 Å². The van der Waals surface area contributed by atoms with Crippen molar-refractivity contribution in [3.8, 4) is 0 Å². The van der Waals surface area contributed by atoms with Crippen molar-refractivity contribution in [2.24, 2.45) is 0 Å². The van der Waals surface area contributed by atoms with Crippen molar-refractivity contribution in [2.75, 3.05) is 0 Å². The van der Waals surface area contributed by atoms with Gasteiger partial charge in [0.2, 0.25) is 6.41 Å². The molecule has 1 aliphatic rings. The highest BCUT2D eigenvalue weighted by Crippen LogP contribution is 2.31. The van der Waals surface area contributed by atoms with Crippen LogP contribution >= 0.6 is 35.6 Å². The summed E-state index contributed by atoms with van der Waals surface area (Å²) in [6, 6.07) is 9.49. The Bertz CT molecular complexity index is 614. The molecule has 4 nitrogen and oxygen atoms in total. The highest BCUT2D eigenvalue weighted by atomic mass is 35.5. The Kier molecular flexibility index (Phi) is 4.94. The number of halogens is 1. The molecular formula is C13H9ClN2O2S2. The number of nitrogens with zero attached hydrogens (tertiary/aromatic N) is 1. The zero-order chi connectivity index (χ0) is 14.5. The first-order valence-corrected chi connectivity index (χ1v) is 7.12. The number of thiocarbonyl (C=S) groups is 1. The highest BCUT2D eigenvalue weighted by Gasteiger charge is 2.32. The van der Waals surface area contributed by atoms with E-state index in [9.17, 15) is 9.59 Å². The second-order valence-electron chi connectivity index (χ2n) is 3.70. The topological polar surface area (TPSA) is 49.4 Å². The zero-order valence-electron chi connectivity index (χ0n) is 10.1. The predicted molar refractivity (Wildman–Crippen MR) is 84.6 cm³/mol. The average molecular weight is 325 g/mol. The first-order valence-electron chi connectivity index (χ1n) is 5.52. The van der Waals surface area contributed by atoms with Gasteiger partial charge >= 0.3 is 0 Å². The molecule has 0 radical (unpaired) electrons. The maximum absolute atomic E-state index is 11.9. The van der Waals surface area contributed by atoms with Gasteiger partial charge in [-0.1, -0.05) is 53.7 Å². The van der Waals surface area contributed by atoms with E-state index < -0.39 is 5.91 Å². The predicted octanol–water partition coefficient (Wildman–Crippen LogP) is 2.67. The second kappa shape index (κ2) is 6.69. The van der Waals surface area contributed by atoms with Gasteiger partial charge in [-0.25, -0.2) is 0 Å². The van der Waals surface area contributed by atoms with Gasteiger partial charge in [0.05, 0.1) is 4.91 Å². The summed E-state index contributed by atoms with van der Waals surface area (Å²) < 4.78 is 0.262. The summed E-state index contributed by atoms with van der Waals surface area (Å²) >= 11 is 12.2. The number of hydrogen-bond donors (Lipinski definition) is 1. The van der Waals surface area contributed by atoms with Crippen LogP contribution in [0.5, 0.6) is 0 Å². The molecule has 0 atom stereocenters. The fraction of sp³-hybridized carbons (Fsp3) is 0. The maximum Gasteiger partial charge on any atom is 0.285 e. The van der Waals surface area contributed by atoms with Gasteiger partial charge in [0.1, 0.15) is 0 Å². The molecule has 20 heavy (non-hydrogen) atoms. The first-order chi connectivity index (χ1) is 9.61. The van der Waals surface area contributed by atoms with Gasteiger partial charge in [-0.2, -0.15) is 5.01 Å². The number of rotatable bonds is 4. The Morgan fingerprint density at radius 3 is 2.70 bits per heavy atom. The van der Waals surface area contributed by atoms with Crippen molar-refractivity contribution >= 4 is 58.3 Å². The molecule has 1 fully saturated rings. The minimum atomic E-state index is -0.397. The quantitative estimate of drug-likeness (QED) is 0.525. The van der Waals surface area contributed by atoms with Gasteiger partial charge in [0, 0.05) is 5.03 Å². The zero-order valence-corrected chi connectivity index (χ0v) is 12.5. The van der Waals surface area contributed by atoms with E-state index in [1.54, 1.807) is 6.08 Å². The van der Waals surface area contributed by atoms with Gasteiger partial charge in [-0.05, 0) is 29.9 Å². The molecular weight excluding hydrogens is 316 g/mol. The summed E-state index contributed by atoms with van der Waals surface area (Å²) in [6.07, 6.45) is 3.66. The molecule has 0 spiro atoms. The molecule has 0 bridgehead atoms. The smallest absolute Gasteiger partial charge is 0.277 e. The largest absolute Gasteiger partial charge is 0.285 e. The molecule has 1 heterocycles. The van der Waals surface area contributed by atoms with E-state index in [0.717, 1.165) is 22.3 Å². The van der Waals surface area contributed by atoms with Crippen LogP contribution in [0.15, 0.2) is 46.3 Å². The van der Waals surface area contributed by atoms with Crippen LogP contribution in [-0.2, 0) is 9.59 Å². The minimum Gasteiger partial charge on any atom is -0.277 e. The van der Waals surface area contributed by atoms with Crippen molar-refractivity contribution in [3.05, 3.63) is 51.9 Å². The molecule has 7 heteroatoms. The van der Waals surface area contributed by atoms with Crippen LogP contribution in [-0.4, -0.2) is 21.6 Å². The first kappa shape index (κ1) is 14.8. The number of hydrogen-bond acceptors (Lipinski definition) is 4. The molecule has 2 rings (SSSR count). The van der Waals surface area contributed by atoms with Crippen LogP contribution in [0.3, 0.4) is 0 Å². The number of allylic oxidation sites excluding steroid dienone is 2. The van der Waals surface area contributed by atoms with Gasteiger partial charge in [-0.3, -0.25) is 15.0 Å². The van der Waals surface area contributed by atoms with Crippen molar-refractivity contribution in [1.29, 1.82) is 0 Å². The highest BCUT2D eigenvalue weighted by molar-refractivity contribution is 8.26. The maximum atomic E-state index is 11.9. The van der Waals surface area contributed by atoms with Gasteiger partial charge in [0.15, 0.2) is 4.32 Å². The Labute approximate surface area is 130 Å². The van der Waals surface area contributed by atoms with E-state index in [4.69, 9.17) is 23.8 Å². The van der Waals surface area contributed by atoms with E-state index >= 15 is 0 Å². The number of benzene rings is 1. The molecule has 1 aliphatic heterocycles.